The third-order valence-electron chi connectivity index (χ3n) is 2.50. The highest BCUT2D eigenvalue weighted by molar-refractivity contribution is 6.10. The van der Waals surface area contributed by atoms with Crippen LogP contribution in [-0.2, 0) is 4.79 Å². The van der Waals surface area contributed by atoms with Gasteiger partial charge in [0.25, 0.3) is 5.91 Å². The highest BCUT2D eigenvalue weighted by atomic mass is 16.2. The van der Waals surface area contributed by atoms with Crippen LogP contribution in [0.4, 0.5) is 0 Å². The van der Waals surface area contributed by atoms with Crippen LogP contribution in [0.5, 0.6) is 0 Å². The van der Waals surface area contributed by atoms with Gasteiger partial charge in [-0.3, -0.25) is 4.79 Å². The number of nitrogens with two attached hydrogens (primary N) is 1. The van der Waals surface area contributed by atoms with Crippen LogP contribution in [0.3, 0.4) is 0 Å². The summed E-state index contributed by atoms with van der Waals surface area (Å²) in [5.41, 5.74) is 8.81. The quantitative estimate of drug-likeness (QED) is 0.425. The monoisotopic (exact) mass is 208 g/mol. The Morgan fingerprint density at radius 1 is 1.40 bits per heavy atom. The highest BCUT2D eigenvalue weighted by Gasteiger charge is 2.39. The molecule has 1 amide bonds. The van der Waals surface area contributed by atoms with Crippen LogP contribution in [0.25, 0.3) is 0 Å². The molecular weight excluding hydrogens is 188 g/mol. The third-order valence-corrected chi connectivity index (χ3v) is 2.50. The van der Waals surface area contributed by atoms with Crippen molar-refractivity contribution < 1.29 is 4.79 Å². The summed E-state index contributed by atoms with van der Waals surface area (Å²) in [5, 5.41) is 0. The molecule has 1 fully saturated rings. The van der Waals surface area contributed by atoms with Crippen molar-refractivity contribution >= 4 is 5.91 Å². The van der Waals surface area contributed by atoms with Crippen LogP contribution < -0.4 is 5.73 Å². The molecule has 0 unspecified atom stereocenters. The fourth-order valence-electron chi connectivity index (χ4n) is 1.63. The lowest BCUT2D eigenvalue weighted by Crippen LogP contribution is -2.12. The summed E-state index contributed by atoms with van der Waals surface area (Å²) in [4.78, 5) is 13.1. The van der Waals surface area contributed by atoms with Crippen LogP contribution >= 0.6 is 0 Å². The van der Waals surface area contributed by atoms with E-state index in [1.807, 2.05) is 6.92 Å². The van der Waals surface area contributed by atoms with Crippen molar-refractivity contribution in [2.45, 2.75) is 33.6 Å². The van der Waals surface area contributed by atoms with E-state index >= 15 is 0 Å². The maximum Gasteiger partial charge on any atom is 0.275 e. The largest absolute Gasteiger partial charge is 0.329 e. The van der Waals surface area contributed by atoms with E-state index in [4.69, 9.17) is 5.73 Å². The van der Waals surface area contributed by atoms with Crippen molar-refractivity contribution in [2.24, 2.45) is 5.73 Å². The van der Waals surface area contributed by atoms with Gasteiger partial charge >= 0.3 is 0 Å². The van der Waals surface area contributed by atoms with Gasteiger partial charge in [-0.1, -0.05) is 11.6 Å². The molecule has 0 aromatic carbocycles. The second-order valence-corrected chi connectivity index (χ2v) is 4.19. The fourth-order valence-corrected chi connectivity index (χ4v) is 1.63. The minimum absolute atomic E-state index is 0.162. The van der Waals surface area contributed by atoms with Gasteiger partial charge in [0.15, 0.2) is 0 Å². The van der Waals surface area contributed by atoms with Gasteiger partial charge in [0.05, 0.1) is 0 Å². The lowest BCUT2D eigenvalue weighted by atomic mass is 10.1. The van der Waals surface area contributed by atoms with Gasteiger partial charge in [-0.15, -0.1) is 0 Å². The summed E-state index contributed by atoms with van der Waals surface area (Å²) < 4.78 is 0. The molecule has 3 heteroatoms. The molecule has 0 atom stereocenters. The first kappa shape index (κ1) is 12.0. The Morgan fingerprint density at radius 3 is 2.60 bits per heavy atom. The van der Waals surface area contributed by atoms with Gasteiger partial charge in [0, 0.05) is 13.1 Å². The van der Waals surface area contributed by atoms with E-state index < -0.39 is 0 Å². The molecule has 0 bridgehead atoms. The van der Waals surface area contributed by atoms with E-state index in [0.717, 1.165) is 18.5 Å². The summed E-state index contributed by atoms with van der Waals surface area (Å²) in [6, 6.07) is 0. The minimum Gasteiger partial charge on any atom is -0.329 e. The van der Waals surface area contributed by atoms with Crippen molar-refractivity contribution in [3.05, 3.63) is 22.9 Å². The normalized spacial score (nSPS) is 17.9. The molecule has 84 valence electrons. The highest BCUT2D eigenvalue weighted by Crippen LogP contribution is 2.29. The number of carbonyl (C=O) groups is 1. The minimum atomic E-state index is 0.162. The second-order valence-electron chi connectivity index (χ2n) is 4.19. The number of carbonyl (C=O) groups excluding carboxylic acids is 1. The number of hydrogen-bond donors (Lipinski definition) is 1. The van der Waals surface area contributed by atoms with E-state index in [9.17, 15) is 4.79 Å². The van der Waals surface area contributed by atoms with Crippen molar-refractivity contribution in [3.8, 4) is 0 Å². The van der Waals surface area contributed by atoms with Crippen molar-refractivity contribution in [3.63, 3.8) is 0 Å². The van der Waals surface area contributed by atoms with Crippen molar-refractivity contribution in [1.82, 2.24) is 4.90 Å². The lowest BCUT2D eigenvalue weighted by Gasteiger charge is -1.98. The molecule has 0 aromatic heterocycles. The lowest BCUT2D eigenvalue weighted by molar-refractivity contribution is -0.113. The van der Waals surface area contributed by atoms with Gasteiger partial charge in [-0.2, -0.15) is 0 Å². The van der Waals surface area contributed by atoms with E-state index in [2.05, 4.69) is 19.9 Å². The van der Waals surface area contributed by atoms with E-state index in [1.54, 1.807) is 4.90 Å². The van der Waals surface area contributed by atoms with Crippen LogP contribution in [0.1, 0.15) is 33.6 Å². The first-order valence-corrected chi connectivity index (χ1v) is 5.43. The Morgan fingerprint density at radius 2 is 2.07 bits per heavy atom. The number of nitrogens with zero attached hydrogens (tertiary/aromatic N) is 1. The average Bonchev–Trinajstić information content (AvgIpc) is 2.77. The second kappa shape index (κ2) is 5.12. The first-order chi connectivity index (χ1) is 7.07. The summed E-state index contributed by atoms with van der Waals surface area (Å²) in [7, 11) is 0. The SMILES string of the molecule is CC(C)=CCC/C(C)=C1\C(=O)N1CCN. The Bertz CT molecular complexity index is 312. The summed E-state index contributed by atoms with van der Waals surface area (Å²) in [6.45, 7) is 7.41. The van der Waals surface area contributed by atoms with Gasteiger partial charge < -0.3 is 10.6 Å². The third kappa shape index (κ3) is 3.20. The summed E-state index contributed by atoms with van der Waals surface area (Å²) in [6.07, 6.45) is 4.18. The number of amides is 1. The molecule has 1 aliphatic rings. The Hall–Kier alpha value is -1.09. The van der Waals surface area contributed by atoms with Crippen molar-refractivity contribution in [1.29, 1.82) is 0 Å². The number of rotatable bonds is 5. The number of hydrogen-bond acceptors (Lipinski definition) is 2. The van der Waals surface area contributed by atoms with Gasteiger partial charge in [-0.05, 0) is 39.2 Å². The topological polar surface area (TPSA) is 46.1 Å². The molecule has 1 saturated heterocycles. The molecule has 0 aliphatic carbocycles. The number of allylic oxidation sites excluding steroid dienone is 3. The average molecular weight is 208 g/mol. The molecule has 3 nitrogen and oxygen atoms in total. The zero-order valence-corrected chi connectivity index (χ0v) is 9.84. The molecule has 0 spiro atoms. The van der Waals surface area contributed by atoms with Crippen LogP contribution in [0.15, 0.2) is 22.9 Å². The molecule has 1 aliphatic heterocycles. The standard InChI is InChI=1S/C12H20N2O/c1-9(2)5-4-6-10(3)11-12(15)14(11)8-7-13/h5H,4,6-8,13H2,1-3H3/b11-10+. The Kier molecular flexibility index (Phi) is 4.09. The summed E-state index contributed by atoms with van der Waals surface area (Å²) in [5.74, 6) is 0.162. The molecule has 0 saturated carbocycles. The predicted molar refractivity (Wildman–Crippen MR) is 62.1 cm³/mol. The zero-order chi connectivity index (χ0) is 11.4. The van der Waals surface area contributed by atoms with E-state index in [0.29, 0.717) is 13.1 Å². The molecular formula is C12H20N2O. The predicted octanol–water partition coefficient (Wildman–Crippen LogP) is 1.81. The van der Waals surface area contributed by atoms with Gasteiger partial charge in [-0.25, -0.2) is 0 Å². The Labute approximate surface area is 91.6 Å². The zero-order valence-electron chi connectivity index (χ0n) is 9.84. The molecule has 1 heterocycles. The van der Waals surface area contributed by atoms with Crippen molar-refractivity contribution in [2.75, 3.05) is 13.1 Å². The maximum absolute atomic E-state index is 11.3. The van der Waals surface area contributed by atoms with Crippen LogP contribution in [-0.4, -0.2) is 23.9 Å². The fraction of sp³-hybridized carbons (Fsp3) is 0.583. The smallest absolute Gasteiger partial charge is 0.275 e. The van der Waals surface area contributed by atoms with E-state index in [-0.39, 0.29) is 5.91 Å². The van der Waals surface area contributed by atoms with Crippen LogP contribution in [0, 0.1) is 0 Å². The summed E-state index contributed by atoms with van der Waals surface area (Å²) >= 11 is 0. The molecule has 1 rings (SSSR count). The molecule has 15 heavy (non-hydrogen) atoms. The molecule has 2 N–H and O–H groups in total. The van der Waals surface area contributed by atoms with E-state index in [1.165, 1.54) is 11.1 Å². The van der Waals surface area contributed by atoms with Gasteiger partial charge in [0.1, 0.15) is 5.70 Å². The maximum atomic E-state index is 11.3. The Balaban J connectivity index is 2.46. The van der Waals surface area contributed by atoms with Gasteiger partial charge in [0.2, 0.25) is 0 Å². The molecule has 0 radical (unpaired) electrons. The van der Waals surface area contributed by atoms with Crippen LogP contribution in [0.2, 0.25) is 0 Å². The molecule has 0 aromatic rings. The first-order valence-electron chi connectivity index (χ1n) is 5.43.